The van der Waals surface area contributed by atoms with Crippen molar-refractivity contribution in [2.45, 2.75) is 45.8 Å². The topological polar surface area (TPSA) is 28.2 Å². The van der Waals surface area contributed by atoms with Crippen LogP contribution in [-0.4, -0.2) is 17.1 Å². The van der Waals surface area contributed by atoms with Crippen molar-refractivity contribution in [1.29, 1.82) is 0 Å². The zero-order chi connectivity index (χ0) is 14.9. The minimum Gasteiger partial charge on any atom is -0.343 e. The van der Waals surface area contributed by atoms with Gasteiger partial charge < -0.3 is 10.2 Å². The second kappa shape index (κ2) is 5.78. The lowest BCUT2D eigenvalue weighted by molar-refractivity contribution is 0.422. The summed E-state index contributed by atoms with van der Waals surface area (Å²) in [6.45, 7) is 9.43. The molecule has 0 spiro atoms. The number of benzene rings is 1. The van der Waals surface area contributed by atoms with Crippen LogP contribution >= 0.6 is 11.3 Å². The number of rotatable bonds is 3. The van der Waals surface area contributed by atoms with Crippen molar-refractivity contribution in [3.05, 3.63) is 46.5 Å². The molecular weight excluding hydrogens is 278 g/mol. The summed E-state index contributed by atoms with van der Waals surface area (Å²) in [5.74, 6) is 0. The Morgan fingerprint density at radius 3 is 2.76 bits per heavy atom. The molecule has 0 saturated heterocycles. The summed E-state index contributed by atoms with van der Waals surface area (Å²) in [4.78, 5) is 7.19. The van der Waals surface area contributed by atoms with Gasteiger partial charge in [0.2, 0.25) is 0 Å². The quantitative estimate of drug-likeness (QED) is 0.939. The molecule has 0 atom stereocenters. The van der Waals surface area contributed by atoms with Gasteiger partial charge in [0.1, 0.15) is 0 Å². The van der Waals surface area contributed by atoms with Crippen molar-refractivity contribution in [2.24, 2.45) is 0 Å². The van der Waals surface area contributed by atoms with Gasteiger partial charge in [0, 0.05) is 30.6 Å². The van der Waals surface area contributed by atoms with Gasteiger partial charge in [0.25, 0.3) is 0 Å². The predicted octanol–water partition coefficient (Wildman–Crippen LogP) is 3.59. The second-order valence-electron chi connectivity index (χ2n) is 6.67. The van der Waals surface area contributed by atoms with E-state index in [2.05, 4.69) is 60.6 Å². The fourth-order valence-electron chi connectivity index (χ4n) is 2.54. The first-order chi connectivity index (χ1) is 10.0. The molecule has 3 nitrogen and oxygen atoms in total. The fourth-order valence-corrected chi connectivity index (χ4v) is 3.39. The Hall–Kier alpha value is -1.39. The van der Waals surface area contributed by atoms with E-state index < -0.39 is 0 Å². The van der Waals surface area contributed by atoms with Gasteiger partial charge in [0.15, 0.2) is 5.13 Å². The summed E-state index contributed by atoms with van der Waals surface area (Å²) in [5, 5.41) is 6.82. The van der Waals surface area contributed by atoms with Crippen molar-refractivity contribution in [1.82, 2.24) is 10.3 Å². The van der Waals surface area contributed by atoms with Gasteiger partial charge >= 0.3 is 0 Å². The molecular formula is C17H23N3S. The Kier molecular flexibility index (Phi) is 4.00. The Bertz CT molecular complexity index is 612. The minimum atomic E-state index is 0.133. The van der Waals surface area contributed by atoms with Crippen molar-refractivity contribution in [3.63, 3.8) is 0 Å². The van der Waals surface area contributed by atoms with Gasteiger partial charge in [-0.3, -0.25) is 0 Å². The van der Waals surface area contributed by atoms with Crippen LogP contribution in [0.2, 0.25) is 0 Å². The van der Waals surface area contributed by atoms with E-state index in [-0.39, 0.29) is 5.54 Å². The molecule has 1 aromatic heterocycles. The van der Waals surface area contributed by atoms with E-state index in [4.69, 9.17) is 4.98 Å². The first kappa shape index (κ1) is 14.5. The maximum atomic E-state index is 4.79. The van der Waals surface area contributed by atoms with Gasteiger partial charge in [0.05, 0.1) is 5.69 Å². The average molecular weight is 301 g/mol. The number of nitrogens with one attached hydrogen (secondary N) is 1. The Balaban J connectivity index is 1.67. The van der Waals surface area contributed by atoms with Gasteiger partial charge in [-0.2, -0.15) is 0 Å². The molecule has 1 aliphatic rings. The van der Waals surface area contributed by atoms with Crippen LogP contribution < -0.4 is 10.2 Å². The van der Waals surface area contributed by atoms with E-state index in [1.807, 2.05) is 0 Å². The molecule has 0 bridgehead atoms. The maximum Gasteiger partial charge on any atom is 0.185 e. The van der Waals surface area contributed by atoms with Crippen molar-refractivity contribution < 1.29 is 0 Å². The highest BCUT2D eigenvalue weighted by molar-refractivity contribution is 7.13. The maximum absolute atomic E-state index is 4.79. The lowest BCUT2D eigenvalue weighted by Gasteiger charge is -2.28. The van der Waals surface area contributed by atoms with Crippen LogP contribution in [0.3, 0.4) is 0 Å². The number of thiazole rings is 1. The van der Waals surface area contributed by atoms with E-state index in [1.54, 1.807) is 11.3 Å². The number of anilines is 1. The lowest BCUT2D eigenvalue weighted by atomic mass is 10.0. The summed E-state index contributed by atoms with van der Waals surface area (Å²) < 4.78 is 0. The third kappa shape index (κ3) is 3.63. The van der Waals surface area contributed by atoms with E-state index >= 15 is 0 Å². The Morgan fingerprint density at radius 2 is 2.00 bits per heavy atom. The first-order valence-corrected chi connectivity index (χ1v) is 8.40. The summed E-state index contributed by atoms with van der Waals surface area (Å²) in [7, 11) is 0. The molecule has 0 aliphatic carbocycles. The molecule has 112 valence electrons. The zero-order valence-corrected chi connectivity index (χ0v) is 13.8. The summed E-state index contributed by atoms with van der Waals surface area (Å²) in [6, 6.07) is 8.74. The van der Waals surface area contributed by atoms with Crippen LogP contribution in [0.4, 0.5) is 5.13 Å². The highest BCUT2D eigenvalue weighted by atomic mass is 32.1. The van der Waals surface area contributed by atoms with Crippen LogP contribution in [0.15, 0.2) is 29.6 Å². The molecule has 1 aliphatic heterocycles. The molecule has 4 heteroatoms. The van der Waals surface area contributed by atoms with Gasteiger partial charge in [-0.25, -0.2) is 4.98 Å². The van der Waals surface area contributed by atoms with Crippen LogP contribution in [0.5, 0.6) is 0 Å². The van der Waals surface area contributed by atoms with Crippen LogP contribution in [0.1, 0.15) is 37.6 Å². The van der Waals surface area contributed by atoms with Gasteiger partial charge in [-0.1, -0.05) is 24.3 Å². The van der Waals surface area contributed by atoms with Crippen molar-refractivity contribution in [2.75, 3.05) is 11.4 Å². The molecule has 2 aromatic rings. The molecule has 0 radical (unpaired) electrons. The largest absolute Gasteiger partial charge is 0.343 e. The van der Waals surface area contributed by atoms with Crippen LogP contribution in [0.25, 0.3) is 0 Å². The fraction of sp³-hybridized carbons (Fsp3) is 0.471. The average Bonchev–Trinajstić information content (AvgIpc) is 2.93. The number of nitrogens with zero attached hydrogens (tertiary/aromatic N) is 2. The highest BCUT2D eigenvalue weighted by Gasteiger charge is 2.18. The SMILES string of the molecule is CC(C)(C)NCc1csc(N2CCc3ccccc3C2)n1. The number of aromatic nitrogens is 1. The van der Waals surface area contributed by atoms with E-state index in [1.165, 1.54) is 11.1 Å². The molecule has 21 heavy (non-hydrogen) atoms. The molecule has 0 amide bonds. The lowest BCUT2D eigenvalue weighted by Crippen LogP contribution is -2.35. The summed E-state index contributed by atoms with van der Waals surface area (Å²) in [5.41, 5.74) is 4.20. The number of hydrogen-bond acceptors (Lipinski definition) is 4. The summed E-state index contributed by atoms with van der Waals surface area (Å²) >= 11 is 1.76. The van der Waals surface area contributed by atoms with E-state index in [9.17, 15) is 0 Å². The predicted molar refractivity (Wildman–Crippen MR) is 89.9 cm³/mol. The molecule has 2 heterocycles. The molecule has 0 saturated carbocycles. The zero-order valence-electron chi connectivity index (χ0n) is 13.0. The smallest absolute Gasteiger partial charge is 0.185 e. The van der Waals surface area contributed by atoms with Crippen molar-refractivity contribution in [3.8, 4) is 0 Å². The van der Waals surface area contributed by atoms with E-state index in [0.29, 0.717) is 0 Å². The second-order valence-corrected chi connectivity index (χ2v) is 7.50. The third-order valence-electron chi connectivity index (χ3n) is 3.74. The highest BCUT2D eigenvalue weighted by Crippen LogP contribution is 2.27. The molecule has 1 aromatic carbocycles. The molecule has 1 N–H and O–H groups in total. The standard InChI is InChI=1S/C17H23N3S/c1-17(2,3)18-10-15-12-21-16(19-15)20-9-8-13-6-4-5-7-14(13)11-20/h4-7,12,18H,8-11H2,1-3H3. The number of hydrogen-bond donors (Lipinski definition) is 1. The monoisotopic (exact) mass is 301 g/mol. The molecule has 0 fully saturated rings. The van der Waals surface area contributed by atoms with Crippen LogP contribution in [0, 0.1) is 0 Å². The minimum absolute atomic E-state index is 0.133. The first-order valence-electron chi connectivity index (χ1n) is 7.52. The summed E-state index contributed by atoms with van der Waals surface area (Å²) in [6.07, 6.45) is 1.12. The van der Waals surface area contributed by atoms with Gasteiger partial charge in [-0.05, 0) is 38.3 Å². The van der Waals surface area contributed by atoms with Crippen LogP contribution in [-0.2, 0) is 19.5 Å². The molecule has 0 unspecified atom stereocenters. The third-order valence-corrected chi connectivity index (χ3v) is 4.69. The normalized spacial score (nSPS) is 15.1. The number of fused-ring (bicyclic) bond motifs is 1. The molecule has 3 rings (SSSR count). The Morgan fingerprint density at radius 1 is 1.24 bits per heavy atom. The van der Waals surface area contributed by atoms with Gasteiger partial charge in [-0.15, -0.1) is 11.3 Å². The van der Waals surface area contributed by atoms with Crippen molar-refractivity contribution >= 4 is 16.5 Å². The Labute approximate surface area is 131 Å². The van der Waals surface area contributed by atoms with E-state index in [0.717, 1.165) is 36.9 Å².